The Hall–Kier alpha value is -1.84. The molecule has 0 saturated heterocycles. The molecule has 1 N–H and O–H groups in total. The SMILES string of the molecule is OCc1cccc2c1ccn2Cc1ccc(F)cc1Cl. The van der Waals surface area contributed by atoms with E-state index in [4.69, 9.17) is 11.6 Å². The van der Waals surface area contributed by atoms with E-state index in [9.17, 15) is 9.50 Å². The van der Waals surface area contributed by atoms with Crippen LogP contribution in [0, 0.1) is 5.82 Å². The molecular formula is C16H13ClFNO. The van der Waals surface area contributed by atoms with Gasteiger partial charge < -0.3 is 9.67 Å². The van der Waals surface area contributed by atoms with Crippen LogP contribution in [0.3, 0.4) is 0 Å². The number of benzene rings is 2. The van der Waals surface area contributed by atoms with E-state index in [1.165, 1.54) is 12.1 Å². The summed E-state index contributed by atoms with van der Waals surface area (Å²) >= 11 is 6.06. The van der Waals surface area contributed by atoms with Gasteiger partial charge in [0, 0.05) is 28.7 Å². The molecule has 1 heterocycles. The first kappa shape index (κ1) is 13.2. The maximum atomic E-state index is 13.1. The number of aliphatic hydroxyl groups excluding tert-OH is 1. The highest BCUT2D eigenvalue weighted by atomic mass is 35.5. The molecule has 4 heteroatoms. The van der Waals surface area contributed by atoms with Gasteiger partial charge in [-0.05, 0) is 35.4 Å². The van der Waals surface area contributed by atoms with Gasteiger partial charge in [0.1, 0.15) is 5.82 Å². The first-order chi connectivity index (χ1) is 9.69. The van der Waals surface area contributed by atoms with Crippen LogP contribution in [0.5, 0.6) is 0 Å². The summed E-state index contributed by atoms with van der Waals surface area (Å²) < 4.78 is 15.1. The van der Waals surface area contributed by atoms with Crippen molar-refractivity contribution in [2.45, 2.75) is 13.2 Å². The maximum absolute atomic E-state index is 13.1. The van der Waals surface area contributed by atoms with Gasteiger partial charge in [0.05, 0.1) is 6.61 Å². The summed E-state index contributed by atoms with van der Waals surface area (Å²) in [5.74, 6) is -0.335. The lowest BCUT2D eigenvalue weighted by molar-refractivity contribution is 0.283. The third-order valence-corrected chi connectivity index (χ3v) is 3.78. The summed E-state index contributed by atoms with van der Waals surface area (Å²) in [7, 11) is 0. The van der Waals surface area contributed by atoms with E-state index in [2.05, 4.69) is 0 Å². The van der Waals surface area contributed by atoms with Gasteiger partial charge in [-0.1, -0.05) is 29.8 Å². The fourth-order valence-corrected chi connectivity index (χ4v) is 2.62. The largest absolute Gasteiger partial charge is 0.392 e. The molecule has 0 amide bonds. The van der Waals surface area contributed by atoms with Crippen molar-refractivity contribution in [3.05, 3.63) is 70.6 Å². The van der Waals surface area contributed by atoms with Crippen molar-refractivity contribution in [2.75, 3.05) is 0 Å². The van der Waals surface area contributed by atoms with E-state index in [1.54, 1.807) is 6.07 Å². The summed E-state index contributed by atoms with van der Waals surface area (Å²) in [6.07, 6.45) is 1.95. The molecule has 0 atom stereocenters. The summed E-state index contributed by atoms with van der Waals surface area (Å²) in [5, 5.41) is 10.8. The molecular weight excluding hydrogens is 277 g/mol. The van der Waals surface area contributed by atoms with Crippen molar-refractivity contribution in [3.63, 3.8) is 0 Å². The summed E-state index contributed by atoms with van der Waals surface area (Å²) in [5.41, 5.74) is 2.78. The van der Waals surface area contributed by atoms with E-state index in [-0.39, 0.29) is 12.4 Å². The van der Waals surface area contributed by atoms with E-state index >= 15 is 0 Å². The first-order valence-electron chi connectivity index (χ1n) is 6.30. The minimum atomic E-state index is -0.335. The van der Waals surface area contributed by atoms with Crippen LogP contribution in [-0.2, 0) is 13.2 Å². The second-order valence-electron chi connectivity index (χ2n) is 4.69. The van der Waals surface area contributed by atoms with Crippen molar-refractivity contribution in [2.24, 2.45) is 0 Å². The van der Waals surface area contributed by atoms with Crippen LogP contribution in [0.15, 0.2) is 48.7 Å². The molecule has 0 fully saturated rings. The third-order valence-electron chi connectivity index (χ3n) is 3.43. The molecule has 102 valence electrons. The highest BCUT2D eigenvalue weighted by Crippen LogP contribution is 2.24. The minimum Gasteiger partial charge on any atom is -0.392 e. The van der Waals surface area contributed by atoms with E-state index in [0.717, 1.165) is 22.0 Å². The zero-order chi connectivity index (χ0) is 14.1. The summed E-state index contributed by atoms with van der Waals surface area (Å²) in [6, 6.07) is 12.2. The fourth-order valence-electron chi connectivity index (χ4n) is 2.40. The molecule has 3 aromatic rings. The first-order valence-corrected chi connectivity index (χ1v) is 6.68. The number of hydrogen-bond donors (Lipinski definition) is 1. The molecule has 20 heavy (non-hydrogen) atoms. The molecule has 0 bridgehead atoms. The van der Waals surface area contributed by atoms with Crippen LogP contribution in [0.25, 0.3) is 10.9 Å². The number of hydrogen-bond acceptors (Lipinski definition) is 1. The Labute approximate surface area is 121 Å². The molecule has 1 aromatic heterocycles. The van der Waals surface area contributed by atoms with Crippen LogP contribution in [0.1, 0.15) is 11.1 Å². The molecule has 0 saturated carbocycles. The van der Waals surface area contributed by atoms with Crippen LogP contribution < -0.4 is 0 Å². The lowest BCUT2D eigenvalue weighted by atomic mass is 10.1. The van der Waals surface area contributed by atoms with Crippen LogP contribution in [0.4, 0.5) is 4.39 Å². The fraction of sp³-hybridized carbons (Fsp3) is 0.125. The van der Waals surface area contributed by atoms with E-state index in [1.807, 2.05) is 35.0 Å². The molecule has 2 nitrogen and oxygen atoms in total. The number of aliphatic hydroxyl groups is 1. The standard InChI is InChI=1S/C16H13ClFNO/c17-15-8-13(18)5-4-11(15)9-19-7-6-14-12(10-20)2-1-3-16(14)19/h1-8,20H,9-10H2. The van der Waals surface area contributed by atoms with E-state index in [0.29, 0.717) is 11.6 Å². The second-order valence-corrected chi connectivity index (χ2v) is 5.09. The Morgan fingerprint density at radius 1 is 1.10 bits per heavy atom. The van der Waals surface area contributed by atoms with Gasteiger partial charge in [-0.3, -0.25) is 0 Å². The van der Waals surface area contributed by atoms with Crippen molar-refractivity contribution < 1.29 is 9.50 Å². The minimum absolute atomic E-state index is 0.0126. The van der Waals surface area contributed by atoms with Crippen LogP contribution >= 0.6 is 11.6 Å². The van der Waals surface area contributed by atoms with Gasteiger partial charge in [-0.25, -0.2) is 4.39 Å². The predicted octanol–water partition coefficient (Wildman–Crippen LogP) is 3.97. The molecule has 2 aromatic carbocycles. The van der Waals surface area contributed by atoms with Gasteiger partial charge in [-0.15, -0.1) is 0 Å². The highest BCUT2D eigenvalue weighted by Gasteiger charge is 2.07. The Morgan fingerprint density at radius 3 is 2.70 bits per heavy atom. The smallest absolute Gasteiger partial charge is 0.124 e. The maximum Gasteiger partial charge on any atom is 0.124 e. The van der Waals surface area contributed by atoms with E-state index < -0.39 is 0 Å². The molecule has 3 rings (SSSR count). The highest BCUT2D eigenvalue weighted by molar-refractivity contribution is 6.31. The van der Waals surface area contributed by atoms with Gasteiger partial charge in [-0.2, -0.15) is 0 Å². The van der Waals surface area contributed by atoms with Gasteiger partial charge in [0.25, 0.3) is 0 Å². The van der Waals surface area contributed by atoms with Gasteiger partial charge in [0.15, 0.2) is 0 Å². The van der Waals surface area contributed by atoms with Crippen LogP contribution in [-0.4, -0.2) is 9.67 Å². The summed E-state index contributed by atoms with van der Waals surface area (Å²) in [6.45, 7) is 0.580. The normalized spacial score (nSPS) is 11.2. The number of fused-ring (bicyclic) bond motifs is 1. The van der Waals surface area contributed by atoms with Crippen molar-refractivity contribution in [3.8, 4) is 0 Å². The lowest BCUT2D eigenvalue weighted by Gasteiger charge is -2.08. The topological polar surface area (TPSA) is 25.2 Å². The Kier molecular flexibility index (Phi) is 3.47. The summed E-state index contributed by atoms with van der Waals surface area (Å²) in [4.78, 5) is 0. The lowest BCUT2D eigenvalue weighted by Crippen LogP contribution is -1.99. The average Bonchev–Trinajstić information content (AvgIpc) is 2.85. The van der Waals surface area contributed by atoms with Gasteiger partial charge >= 0.3 is 0 Å². The van der Waals surface area contributed by atoms with Crippen molar-refractivity contribution in [1.82, 2.24) is 4.57 Å². The quantitative estimate of drug-likeness (QED) is 0.775. The number of aromatic nitrogens is 1. The second kappa shape index (κ2) is 5.27. The molecule has 0 spiro atoms. The molecule has 0 radical (unpaired) electrons. The Balaban J connectivity index is 2.03. The zero-order valence-corrected chi connectivity index (χ0v) is 11.4. The molecule has 0 aliphatic heterocycles. The molecule has 0 aliphatic rings. The number of halogens is 2. The molecule has 0 unspecified atom stereocenters. The monoisotopic (exact) mass is 289 g/mol. The van der Waals surface area contributed by atoms with Crippen molar-refractivity contribution >= 4 is 22.5 Å². The zero-order valence-electron chi connectivity index (χ0n) is 10.7. The number of rotatable bonds is 3. The molecule has 0 aliphatic carbocycles. The van der Waals surface area contributed by atoms with Gasteiger partial charge in [0.2, 0.25) is 0 Å². The third kappa shape index (κ3) is 2.30. The Bertz CT molecular complexity index is 766. The average molecular weight is 290 g/mol. The number of nitrogens with zero attached hydrogens (tertiary/aromatic N) is 1. The van der Waals surface area contributed by atoms with Crippen molar-refractivity contribution in [1.29, 1.82) is 0 Å². The predicted molar refractivity (Wildman–Crippen MR) is 78.4 cm³/mol. The Morgan fingerprint density at radius 2 is 1.95 bits per heavy atom. The van der Waals surface area contributed by atoms with Crippen LogP contribution in [0.2, 0.25) is 5.02 Å².